The molecule has 0 heterocycles. The van der Waals surface area contributed by atoms with Crippen LogP contribution < -0.4 is 0 Å². The lowest BCUT2D eigenvalue weighted by Gasteiger charge is -2.32. The summed E-state index contributed by atoms with van der Waals surface area (Å²) in [4.78, 5) is 0. The Hall–Kier alpha value is -3.84. The highest BCUT2D eigenvalue weighted by atomic mass is 16.3. The van der Waals surface area contributed by atoms with Crippen molar-refractivity contribution in [3.05, 3.63) is 83.4 Å². The molecule has 4 aromatic rings. The normalized spacial score (nSPS) is 17.9. The monoisotopic (exact) mass is 534 g/mol. The van der Waals surface area contributed by atoms with Crippen LogP contribution in [-0.2, 0) is 0 Å². The van der Waals surface area contributed by atoms with Crippen LogP contribution in [0.15, 0.2) is 66.7 Å². The van der Waals surface area contributed by atoms with Gasteiger partial charge in [0.1, 0.15) is 11.5 Å². The molecule has 40 heavy (non-hydrogen) atoms. The highest BCUT2D eigenvalue weighted by Gasteiger charge is 2.30. The Balaban J connectivity index is 0.000000185. The van der Waals surface area contributed by atoms with Crippen LogP contribution >= 0.6 is 0 Å². The van der Waals surface area contributed by atoms with Gasteiger partial charge in [0.15, 0.2) is 0 Å². The fourth-order valence-corrected chi connectivity index (χ4v) is 6.22. The van der Waals surface area contributed by atoms with Crippen molar-refractivity contribution < 1.29 is 10.2 Å². The molecule has 4 aromatic carbocycles. The molecule has 0 amide bonds. The number of nitriles is 1. The number of aromatic hydroxyl groups is 2. The second-order valence-electron chi connectivity index (χ2n) is 11.2. The molecule has 0 saturated heterocycles. The topological polar surface area (TPSA) is 88.1 Å². The number of hydrogen-bond donors (Lipinski definition) is 3. The summed E-state index contributed by atoms with van der Waals surface area (Å²) in [6.07, 6.45) is 6.13. The van der Waals surface area contributed by atoms with Crippen molar-refractivity contribution in [2.75, 3.05) is 0 Å². The molecule has 0 aromatic heterocycles. The highest BCUT2D eigenvalue weighted by molar-refractivity contribution is 6.12. The van der Waals surface area contributed by atoms with Gasteiger partial charge in [0, 0.05) is 23.1 Å². The van der Waals surface area contributed by atoms with Gasteiger partial charge in [-0.15, -0.1) is 0 Å². The zero-order valence-corrected chi connectivity index (χ0v) is 24.2. The van der Waals surface area contributed by atoms with Crippen molar-refractivity contribution in [3.63, 3.8) is 0 Å². The van der Waals surface area contributed by atoms with Crippen molar-refractivity contribution in [3.8, 4) is 17.6 Å². The predicted octanol–water partition coefficient (Wildman–Crippen LogP) is 9.82. The molecule has 0 spiro atoms. The van der Waals surface area contributed by atoms with Gasteiger partial charge in [0.25, 0.3) is 0 Å². The van der Waals surface area contributed by atoms with Crippen molar-refractivity contribution in [2.24, 2.45) is 11.8 Å². The average Bonchev–Trinajstić information content (AvgIpc) is 2.98. The first kappa shape index (κ1) is 29.2. The van der Waals surface area contributed by atoms with E-state index in [2.05, 4.69) is 64.1 Å². The minimum absolute atomic E-state index is 0.135. The Kier molecular flexibility index (Phi) is 9.48. The van der Waals surface area contributed by atoms with E-state index in [1.165, 1.54) is 11.1 Å². The first-order chi connectivity index (χ1) is 19.3. The molecule has 5 rings (SSSR count). The Labute approximate surface area is 238 Å². The van der Waals surface area contributed by atoms with Gasteiger partial charge in [-0.25, -0.2) is 0 Å². The summed E-state index contributed by atoms with van der Waals surface area (Å²) in [6, 6.07) is 23.9. The predicted molar refractivity (Wildman–Crippen MR) is 167 cm³/mol. The maximum absolute atomic E-state index is 9.64. The highest BCUT2D eigenvalue weighted by Crippen LogP contribution is 2.41. The van der Waals surface area contributed by atoms with E-state index in [1.54, 1.807) is 24.3 Å². The maximum Gasteiger partial charge on any atom is 0.116 e. The Bertz CT molecular complexity index is 1530. The minimum atomic E-state index is 0.135. The molecule has 0 fully saturated rings. The lowest BCUT2D eigenvalue weighted by molar-refractivity contribution is 0.475. The van der Waals surface area contributed by atoms with Gasteiger partial charge in [-0.3, -0.25) is 0 Å². The molecule has 208 valence electrons. The van der Waals surface area contributed by atoms with Gasteiger partial charge >= 0.3 is 0 Å². The number of rotatable bonds is 7. The second-order valence-corrected chi connectivity index (χ2v) is 11.2. The fourth-order valence-electron chi connectivity index (χ4n) is 6.22. The zero-order valence-electron chi connectivity index (χ0n) is 24.2. The lowest BCUT2D eigenvalue weighted by atomic mass is 9.72. The number of fused-ring (bicyclic) bond motifs is 4. The van der Waals surface area contributed by atoms with Crippen LogP contribution in [-0.4, -0.2) is 15.9 Å². The molecule has 3 N–H and O–H groups in total. The Morgan fingerprint density at radius 1 is 0.800 bits per heavy atom. The van der Waals surface area contributed by atoms with E-state index in [9.17, 15) is 10.2 Å². The smallest absolute Gasteiger partial charge is 0.116 e. The van der Waals surface area contributed by atoms with Crippen LogP contribution in [0.5, 0.6) is 11.5 Å². The molecular weight excluding hydrogens is 492 g/mol. The molecule has 4 nitrogen and oxygen atoms in total. The molecule has 0 bridgehead atoms. The molecule has 0 aliphatic heterocycles. The van der Waals surface area contributed by atoms with Crippen LogP contribution in [0.1, 0.15) is 94.7 Å². The number of benzene rings is 4. The molecule has 4 unspecified atom stereocenters. The molecule has 1 aliphatic rings. The van der Waals surface area contributed by atoms with E-state index >= 15 is 0 Å². The zero-order chi connectivity index (χ0) is 28.8. The molecule has 0 saturated carbocycles. The first-order valence-electron chi connectivity index (χ1n) is 14.8. The van der Waals surface area contributed by atoms with Gasteiger partial charge in [-0.05, 0) is 107 Å². The maximum atomic E-state index is 9.64. The first-order valence-corrected chi connectivity index (χ1v) is 14.8. The third-order valence-electron chi connectivity index (χ3n) is 8.76. The summed E-state index contributed by atoms with van der Waals surface area (Å²) in [5.41, 5.74) is 4.51. The summed E-state index contributed by atoms with van der Waals surface area (Å²) in [5, 5.41) is 41.2. The largest absolute Gasteiger partial charge is 0.508 e. The van der Waals surface area contributed by atoms with Gasteiger partial charge < -0.3 is 15.6 Å². The van der Waals surface area contributed by atoms with Gasteiger partial charge in [0.2, 0.25) is 0 Å². The van der Waals surface area contributed by atoms with Gasteiger partial charge in [0.05, 0.1) is 6.07 Å². The van der Waals surface area contributed by atoms with Crippen molar-refractivity contribution >= 4 is 27.3 Å². The summed E-state index contributed by atoms with van der Waals surface area (Å²) in [5.74, 6) is 2.08. The molecule has 4 heteroatoms. The molecule has 1 aliphatic carbocycles. The lowest BCUT2D eigenvalue weighted by Crippen LogP contribution is -2.25. The second kappa shape index (κ2) is 13.0. The van der Waals surface area contributed by atoms with E-state index < -0.39 is 0 Å². The summed E-state index contributed by atoms with van der Waals surface area (Å²) in [6.45, 7) is 8.66. The van der Waals surface area contributed by atoms with Crippen LogP contribution in [0.4, 0.5) is 0 Å². The third-order valence-corrected chi connectivity index (χ3v) is 8.76. The van der Waals surface area contributed by atoms with E-state index in [4.69, 9.17) is 10.7 Å². The standard InChI is InChI=1S/2C18H21NO/c1-3-11-9-12(4-2)18(19)17-15(11)7-5-13-10-14(20)6-8-16(13)17;1-3-13(12-19)9-14(4-2)15-5-6-17-11-18(20)8-7-16(17)10-15/h5-8,10-12,19-20H,3-4,9H2,1-2H3;5-8,10-11,13-14,20H,3-4,9H2,1-2H3. The minimum Gasteiger partial charge on any atom is -0.508 e. The summed E-state index contributed by atoms with van der Waals surface area (Å²) >= 11 is 0. The molecular formula is C36H42N2O2. The van der Waals surface area contributed by atoms with E-state index in [0.29, 0.717) is 29.3 Å². The molecule has 0 radical (unpaired) electrons. The Morgan fingerprint density at radius 2 is 1.43 bits per heavy atom. The van der Waals surface area contributed by atoms with Crippen molar-refractivity contribution in [1.82, 2.24) is 0 Å². The number of nitrogens with one attached hydrogen (secondary N) is 1. The fraction of sp³-hybridized carbons (Fsp3) is 0.389. The van der Waals surface area contributed by atoms with E-state index in [1.807, 2.05) is 12.1 Å². The van der Waals surface area contributed by atoms with Crippen LogP contribution in [0, 0.1) is 28.6 Å². The third kappa shape index (κ3) is 6.15. The van der Waals surface area contributed by atoms with Gasteiger partial charge in [-0.2, -0.15) is 5.26 Å². The van der Waals surface area contributed by atoms with Crippen molar-refractivity contribution in [1.29, 1.82) is 10.7 Å². The van der Waals surface area contributed by atoms with Crippen LogP contribution in [0.25, 0.3) is 21.5 Å². The number of phenols is 2. The number of hydrogen-bond acceptors (Lipinski definition) is 4. The summed E-state index contributed by atoms with van der Waals surface area (Å²) in [7, 11) is 0. The Morgan fingerprint density at radius 3 is 2.08 bits per heavy atom. The van der Waals surface area contributed by atoms with Gasteiger partial charge in [-0.1, -0.05) is 70.2 Å². The van der Waals surface area contributed by atoms with Crippen LogP contribution in [0.2, 0.25) is 0 Å². The average molecular weight is 535 g/mol. The van der Waals surface area contributed by atoms with E-state index in [-0.39, 0.29) is 5.92 Å². The summed E-state index contributed by atoms with van der Waals surface area (Å²) < 4.78 is 0. The van der Waals surface area contributed by atoms with Crippen LogP contribution in [0.3, 0.4) is 0 Å². The molecule has 4 atom stereocenters. The SMILES string of the molecule is CCC(C#N)CC(CC)c1ccc2cc(O)ccc2c1.CCC1CC(CC)c2ccc3cc(O)ccc3c2C1=N. The number of nitrogens with zero attached hydrogens (tertiary/aromatic N) is 1. The van der Waals surface area contributed by atoms with Crippen molar-refractivity contribution in [2.45, 2.75) is 78.1 Å². The number of phenolic OH excluding ortho intramolecular Hbond substituents is 2. The quantitative estimate of drug-likeness (QED) is 0.220. The van der Waals surface area contributed by atoms with E-state index in [0.717, 1.165) is 71.3 Å².